The average Bonchev–Trinajstić information content (AvgIpc) is 3.62. The van der Waals surface area contributed by atoms with Crippen molar-refractivity contribution in [1.29, 1.82) is 0 Å². The van der Waals surface area contributed by atoms with Crippen LogP contribution in [0.2, 0.25) is 0 Å². The van der Waals surface area contributed by atoms with Gasteiger partial charge in [0.2, 0.25) is 0 Å². The molecule has 4 rings (SSSR count). The first-order valence-corrected chi connectivity index (χ1v) is 13.2. The zero-order valence-corrected chi connectivity index (χ0v) is 20.6. The maximum atomic E-state index is 12.2. The van der Waals surface area contributed by atoms with Crippen LogP contribution in [0.15, 0.2) is 30.3 Å². The average molecular weight is 492 g/mol. The Bertz CT molecular complexity index is 1030. The zero-order chi connectivity index (χ0) is 24.6. The molecule has 0 bridgehead atoms. The van der Waals surface area contributed by atoms with Crippen LogP contribution in [0.25, 0.3) is 11.4 Å². The number of carbonyl (C=O) groups is 1. The highest BCUT2D eigenvalue weighted by Gasteiger charge is 2.55. The van der Waals surface area contributed by atoms with E-state index < -0.39 is 26.9 Å². The smallest absolute Gasteiger partial charge is 0.319 e. The van der Waals surface area contributed by atoms with Crippen LogP contribution in [0, 0.1) is 0 Å². The molecule has 11 heteroatoms. The third kappa shape index (κ3) is 5.28. The Morgan fingerprint density at radius 2 is 1.82 bits per heavy atom. The number of anilines is 2. The van der Waals surface area contributed by atoms with Crippen molar-refractivity contribution in [3.05, 3.63) is 36.0 Å². The topological polar surface area (TPSA) is 140 Å². The van der Waals surface area contributed by atoms with Gasteiger partial charge in [-0.15, -0.1) is 0 Å². The van der Waals surface area contributed by atoms with Crippen LogP contribution >= 0.6 is 10.6 Å². The van der Waals surface area contributed by atoms with Gasteiger partial charge in [0.25, 0.3) is 0 Å². The molecule has 1 aromatic heterocycles. The lowest BCUT2D eigenvalue weighted by Crippen LogP contribution is -2.48. The maximum Gasteiger partial charge on any atom is 0.319 e. The van der Waals surface area contributed by atoms with E-state index in [2.05, 4.69) is 15.5 Å². The number of amides is 2. The van der Waals surface area contributed by atoms with Gasteiger partial charge in [0, 0.05) is 36.7 Å². The van der Waals surface area contributed by atoms with Gasteiger partial charge in [-0.25, -0.2) is 14.8 Å². The van der Waals surface area contributed by atoms with Crippen LogP contribution in [0.4, 0.5) is 16.3 Å². The molecular weight excluding hydrogens is 458 g/mol. The summed E-state index contributed by atoms with van der Waals surface area (Å²) in [6.45, 7) is 5.90. The lowest BCUT2D eigenvalue weighted by atomic mass is 10.1. The zero-order valence-electron chi connectivity index (χ0n) is 19.7. The summed E-state index contributed by atoms with van der Waals surface area (Å²) in [4.78, 5) is 23.9. The van der Waals surface area contributed by atoms with Gasteiger partial charge in [-0.2, -0.15) is 10.6 Å². The molecule has 186 valence electrons. The largest absolute Gasteiger partial charge is 0.394 e. The molecule has 34 heavy (non-hydrogen) atoms. The fraction of sp³-hybridized carbons (Fsp3) is 0.522. The van der Waals surface area contributed by atoms with Crippen molar-refractivity contribution in [2.24, 2.45) is 0 Å². The van der Waals surface area contributed by atoms with E-state index in [1.165, 1.54) is 6.26 Å². The highest BCUT2D eigenvalue weighted by Crippen LogP contribution is 2.69. The van der Waals surface area contributed by atoms with Gasteiger partial charge in [0.1, 0.15) is 10.6 Å². The lowest BCUT2D eigenvalue weighted by Gasteiger charge is -2.37. The third-order valence-corrected chi connectivity index (χ3v) is 8.30. The number of benzene rings is 1. The summed E-state index contributed by atoms with van der Waals surface area (Å²) in [6.07, 6.45) is 2.83. The van der Waals surface area contributed by atoms with Gasteiger partial charge in [-0.1, -0.05) is 0 Å². The molecule has 1 saturated heterocycles. The maximum absolute atomic E-state index is 12.2. The first-order chi connectivity index (χ1) is 16.0. The number of nitrogens with zero attached hydrogens (tertiary/aromatic N) is 3. The number of morpholine rings is 1. The van der Waals surface area contributed by atoms with Crippen LogP contribution < -0.4 is 15.5 Å². The van der Waals surface area contributed by atoms with E-state index in [0.717, 1.165) is 11.4 Å². The summed E-state index contributed by atoms with van der Waals surface area (Å²) in [7, 11) is -2.83. The Hall–Kier alpha value is -2.44. The van der Waals surface area contributed by atoms with Crippen LogP contribution in [0.5, 0.6) is 0 Å². The summed E-state index contributed by atoms with van der Waals surface area (Å²) in [6, 6.07) is 8.61. The molecule has 2 aliphatic rings. The number of aliphatic hydroxyl groups is 1. The van der Waals surface area contributed by atoms with E-state index >= 15 is 0 Å². The third-order valence-electron chi connectivity index (χ3n) is 6.21. The van der Waals surface area contributed by atoms with Gasteiger partial charge >= 0.3 is 6.03 Å². The molecule has 1 aliphatic carbocycles. The molecule has 2 aromatic rings. The molecule has 2 fully saturated rings. The van der Waals surface area contributed by atoms with Crippen molar-refractivity contribution in [2.45, 2.75) is 37.0 Å². The molecule has 0 unspecified atom stereocenters. The fourth-order valence-corrected chi connectivity index (χ4v) is 5.29. The van der Waals surface area contributed by atoms with E-state index in [1.807, 2.05) is 18.2 Å². The second-order valence-corrected chi connectivity index (χ2v) is 12.0. The predicted molar refractivity (Wildman–Crippen MR) is 134 cm³/mol. The number of carbonyl (C=O) groups excluding carboxylic acids is 1. The van der Waals surface area contributed by atoms with Gasteiger partial charge in [0.15, 0.2) is 5.82 Å². The minimum atomic E-state index is -2.83. The van der Waals surface area contributed by atoms with Crippen LogP contribution in [0.1, 0.15) is 32.4 Å². The van der Waals surface area contributed by atoms with Gasteiger partial charge in [0.05, 0.1) is 31.1 Å². The minimum Gasteiger partial charge on any atom is -0.394 e. The SMILES string of the molecule is CC(C)(CO)NC(=O)Nc1ccc(-c2nc(N3CCOCC3)cc(C3(S(C)(O)O)CC3)n2)cc1. The fourth-order valence-electron chi connectivity index (χ4n) is 3.92. The van der Waals surface area contributed by atoms with Crippen molar-refractivity contribution >= 4 is 28.1 Å². The van der Waals surface area contributed by atoms with Crippen molar-refractivity contribution in [1.82, 2.24) is 15.3 Å². The predicted octanol–water partition coefficient (Wildman–Crippen LogP) is 3.24. The molecule has 5 N–H and O–H groups in total. The number of aromatic nitrogens is 2. The highest BCUT2D eigenvalue weighted by molar-refractivity contribution is 8.24. The molecule has 1 aromatic carbocycles. The number of aliphatic hydroxyl groups excluding tert-OH is 1. The number of hydrogen-bond donors (Lipinski definition) is 5. The number of rotatable bonds is 7. The van der Waals surface area contributed by atoms with Gasteiger partial charge < -0.3 is 25.4 Å². The number of hydrogen-bond acceptors (Lipinski definition) is 8. The molecule has 2 amide bonds. The van der Waals surface area contributed by atoms with Crippen molar-refractivity contribution in [3.63, 3.8) is 0 Å². The molecule has 0 atom stereocenters. The van der Waals surface area contributed by atoms with Gasteiger partial charge in [-0.3, -0.25) is 9.11 Å². The molecule has 0 spiro atoms. The highest BCUT2D eigenvalue weighted by atomic mass is 32.3. The Balaban J connectivity index is 1.62. The quantitative estimate of drug-likeness (QED) is 0.398. The number of nitrogens with one attached hydrogen (secondary N) is 2. The number of urea groups is 1. The second-order valence-electron chi connectivity index (χ2n) is 9.56. The molecule has 10 nitrogen and oxygen atoms in total. The van der Waals surface area contributed by atoms with Crippen LogP contribution in [-0.4, -0.2) is 74.9 Å². The first kappa shape index (κ1) is 24.7. The summed E-state index contributed by atoms with van der Waals surface area (Å²) >= 11 is 0. The summed E-state index contributed by atoms with van der Waals surface area (Å²) in [5.41, 5.74) is 1.25. The standard InChI is InChI=1S/C23H33N5O5S/c1-22(2,15-29)27-21(30)24-17-6-4-16(5-7-17)20-25-18(23(8-9-23)34(3,31)32)14-19(26-20)28-10-12-33-13-11-28/h4-7,14,29,31-32H,8-13,15H2,1-3H3,(H2,24,27,30). The molecule has 2 heterocycles. The Labute approximate surface area is 201 Å². The van der Waals surface area contributed by atoms with Crippen LogP contribution in [-0.2, 0) is 9.48 Å². The van der Waals surface area contributed by atoms with E-state index in [0.29, 0.717) is 56.4 Å². The summed E-state index contributed by atoms with van der Waals surface area (Å²) < 4.78 is 25.8. The molecule has 1 aliphatic heterocycles. The first-order valence-electron chi connectivity index (χ1n) is 11.3. The van der Waals surface area contributed by atoms with E-state index in [1.54, 1.807) is 26.0 Å². The van der Waals surface area contributed by atoms with Gasteiger partial charge in [-0.05, 0) is 51.0 Å². The van der Waals surface area contributed by atoms with E-state index in [4.69, 9.17) is 14.7 Å². The molecular formula is C23H33N5O5S. The normalized spacial score (nSPS) is 18.4. The second kappa shape index (κ2) is 9.31. The van der Waals surface area contributed by atoms with E-state index in [-0.39, 0.29) is 6.61 Å². The molecule has 1 saturated carbocycles. The Kier molecular flexibility index (Phi) is 6.76. The summed E-state index contributed by atoms with van der Waals surface area (Å²) in [5.74, 6) is 1.23. The van der Waals surface area contributed by atoms with Crippen molar-refractivity contribution < 1.29 is 23.7 Å². The molecule has 0 radical (unpaired) electrons. The van der Waals surface area contributed by atoms with Crippen molar-refractivity contribution in [3.8, 4) is 11.4 Å². The van der Waals surface area contributed by atoms with Crippen LogP contribution in [0.3, 0.4) is 0 Å². The lowest BCUT2D eigenvalue weighted by molar-refractivity contribution is 0.122. The Morgan fingerprint density at radius 1 is 1.18 bits per heavy atom. The number of ether oxygens (including phenoxy) is 1. The summed E-state index contributed by atoms with van der Waals surface area (Å²) in [5, 5.41) is 14.8. The monoisotopic (exact) mass is 491 g/mol. The minimum absolute atomic E-state index is 0.178. The van der Waals surface area contributed by atoms with Crippen molar-refractivity contribution in [2.75, 3.05) is 49.4 Å². The van der Waals surface area contributed by atoms with E-state index in [9.17, 15) is 19.0 Å². The Morgan fingerprint density at radius 3 is 2.38 bits per heavy atom.